The van der Waals surface area contributed by atoms with Crippen molar-refractivity contribution in [3.05, 3.63) is 17.0 Å². The van der Waals surface area contributed by atoms with E-state index in [1.54, 1.807) is 20.8 Å². The maximum absolute atomic E-state index is 11.8. The van der Waals surface area contributed by atoms with E-state index in [9.17, 15) is 8.42 Å². The quantitative estimate of drug-likeness (QED) is 0.724. The molecule has 0 radical (unpaired) electrons. The number of hydrogen-bond donors (Lipinski definition) is 2. The van der Waals surface area contributed by atoms with Crippen LogP contribution in [0.25, 0.3) is 0 Å². The third-order valence-corrected chi connectivity index (χ3v) is 4.28. The van der Waals surface area contributed by atoms with Crippen LogP contribution in [0.5, 0.6) is 0 Å². The first-order valence-electron chi connectivity index (χ1n) is 6.00. The molecule has 0 aliphatic rings. The lowest BCUT2D eigenvalue weighted by molar-refractivity contribution is 0.391. The Labute approximate surface area is 108 Å². The molecular formula is C11H21N3O3S. The molecule has 18 heavy (non-hydrogen) atoms. The summed E-state index contributed by atoms with van der Waals surface area (Å²) in [5.41, 5.74) is 6.86. The van der Waals surface area contributed by atoms with Gasteiger partial charge in [0, 0.05) is 11.6 Å². The van der Waals surface area contributed by atoms with E-state index in [1.165, 1.54) is 0 Å². The van der Waals surface area contributed by atoms with Crippen LogP contribution in [0.15, 0.2) is 4.52 Å². The van der Waals surface area contributed by atoms with Crippen LogP contribution in [0.3, 0.4) is 0 Å². The molecule has 1 aromatic heterocycles. The van der Waals surface area contributed by atoms with Crippen molar-refractivity contribution in [3.63, 3.8) is 0 Å². The Kier molecular flexibility index (Phi) is 5.30. The number of hydrogen-bond acceptors (Lipinski definition) is 5. The number of aromatic nitrogens is 1. The first-order valence-corrected chi connectivity index (χ1v) is 7.65. The largest absolute Gasteiger partial charge is 0.361 e. The van der Waals surface area contributed by atoms with Crippen molar-refractivity contribution in [2.24, 2.45) is 5.73 Å². The maximum Gasteiger partial charge on any atom is 0.212 e. The average molecular weight is 275 g/mol. The van der Waals surface area contributed by atoms with E-state index in [4.69, 9.17) is 10.3 Å². The van der Waals surface area contributed by atoms with Crippen molar-refractivity contribution in [2.45, 2.75) is 39.7 Å². The first-order chi connectivity index (χ1) is 8.37. The van der Waals surface area contributed by atoms with Crippen LogP contribution in [-0.4, -0.2) is 25.9 Å². The lowest BCUT2D eigenvalue weighted by Gasteiger charge is -2.13. The average Bonchev–Trinajstić information content (AvgIpc) is 2.58. The number of nitrogens with two attached hydrogens (primary N) is 1. The summed E-state index contributed by atoms with van der Waals surface area (Å²) in [6.45, 7) is 5.86. The van der Waals surface area contributed by atoms with Gasteiger partial charge in [0.25, 0.3) is 0 Å². The number of sulfonamides is 1. The smallest absolute Gasteiger partial charge is 0.212 e. The second-order valence-corrected chi connectivity index (χ2v) is 6.27. The molecule has 0 aliphatic heterocycles. The van der Waals surface area contributed by atoms with E-state index in [2.05, 4.69) is 9.88 Å². The van der Waals surface area contributed by atoms with Gasteiger partial charge in [-0.25, -0.2) is 13.1 Å². The lowest BCUT2D eigenvalue weighted by Crippen LogP contribution is -2.29. The summed E-state index contributed by atoms with van der Waals surface area (Å²) in [5, 5.41) is 3.82. The molecule has 0 spiro atoms. The third kappa shape index (κ3) is 4.08. The van der Waals surface area contributed by atoms with Gasteiger partial charge in [-0.2, -0.15) is 0 Å². The predicted octanol–water partition coefficient (Wildman–Crippen LogP) is 1.01. The Hall–Kier alpha value is -0.920. The number of unbranched alkanes of at least 4 members (excludes halogenated alkanes) is 1. The Morgan fingerprint density at radius 3 is 2.56 bits per heavy atom. The zero-order valence-electron chi connectivity index (χ0n) is 11.1. The minimum absolute atomic E-state index is 0.0952. The molecule has 0 saturated carbocycles. The summed E-state index contributed by atoms with van der Waals surface area (Å²) in [7, 11) is -3.29. The second kappa shape index (κ2) is 6.31. The molecule has 0 saturated heterocycles. The van der Waals surface area contributed by atoms with Gasteiger partial charge in [-0.05, 0) is 40.2 Å². The molecule has 0 bridgehead atoms. The fourth-order valence-electron chi connectivity index (χ4n) is 1.93. The third-order valence-electron chi connectivity index (χ3n) is 2.75. The van der Waals surface area contributed by atoms with E-state index in [0.717, 1.165) is 5.56 Å². The molecule has 1 unspecified atom stereocenters. The molecule has 3 N–H and O–H groups in total. The molecular weight excluding hydrogens is 254 g/mol. The van der Waals surface area contributed by atoms with Crippen LogP contribution >= 0.6 is 0 Å². The molecule has 7 heteroatoms. The molecule has 104 valence electrons. The van der Waals surface area contributed by atoms with Crippen molar-refractivity contribution in [2.75, 3.05) is 12.3 Å². The highest BCUT2D eigenvalue weighted by molar-refractivity contribution is 7.89. The highest BCUT2D eigenvalue weighted by atomic mass is 32.2. The van der Waals surface area contributed by atoms with Crippen LogP contribution in [0.2, 0.25) is 0 Å². The molecule has 0 fully saturated rings. The van der Waals surface area contributed by atoms with E-state index in [0.29, 0.717) is 30.8 Å². The standard InChI is InChI=1S/C11H21N3O3S/c1-8-11(10(3)17-13-8)9(2)14-18(15,16)7-5-4-6-12/h9,14H,4-7,12H2,1-3H3. The summed E-state index contributed by atoms with van der Waals surface area (Å²) in [6, 6.07) is -0.334. The second-order valence-electron chi connectivity index (χ2n) is 4.39. The van der Waals surface area contributed by atoms with Gasteiger partial charge in [-0.1, -0.05) is 5.16 Å². The van der Waals surface area contributed by atoms with E-state index in [1.807, 2.05) is 0 Å². The van der Waals surface area contributed by atoms with Crippen molar-refractivity contribution < 1.29 is 12.9 Å². The molecule has 0 aliphatic carbocycles. The maximum atomic E-state index is 11.8. The van der Waals surface area contributed by atoms with Gasteiger partial charge in [0.05, 0.1) is 11.4 Å². The molecule has 0 amide bonds. The van der Waals surface area contributed by atoms with Gasteiger partial charge in [0.15, 0.2) is 0 Å². The van der Waals surface area contributed by atoms with E-state index < -0.39 is 10.0 Å². The van der Waals surface area contributed by atoms with Gasteiger partial charge in [0.2, 0.25) is 10.0 Å². The van der Waals surface area contributed by atoms with Crippen LogP contribution in [0, 0.1) is 13.8 Å². The molecule has 0 aromatic carbocycles. The van der Waals surface area contributed by atoms with Gasteiger partial charge in [-0.3, -0.25) is 0 Å². The summed E-state index contributed by atoms with van der Waals surface area (Å²) in [6.07, 6.45) is 1.28. The zero-order valence-corrected chi connectivity index (χ0v) is 11.9. The normalized spacial score (nSPS) is 13.8. The monoisotopic (exact) mass is 275 g/mol. The fraction of sp³-hybridized carbons (Fsp3) is 0.727. The molecule has 1 atom stereocenters. The Bertz CT molecular complexity index is 462. The minimum Gasteiger partial charge on any atom is -0.361 e. The van der Waals surface area contributed by atoms with E-state index >= 15 is 0 Å². The van der Waals surface area contributed by atoms with Crippen LogP contribution in [0.4, 0.5) is 0 Å². The molecule has 1 aromatic rings. The van der Waals surface area contributed by atoms with Crippen molar-refractivity contribution in [1.29, 1.82) is 0 Å². The first kappa shape index (κ1) is 15.1. The Morgan fingerprint density at radius 2 is 2.06 bits per heavy atom. The summed E-state index contributed by atoms with van der Waals surface area (Å²) in [5.74, 6) is 0.738. The lowest BCUT2D eigenvalue weighted by atomic mass is 10.1. The number of nitrogens with zero attached hydrogens (tertiary/aromatic N) is 1. The van der Waals surface area contributed by atoms with E-state index in [-0.39, 0.29) is 11.8 Å². The fourth-order valence-corrected chi connectivity index (χ4v) is 3.29. The summed E-state index contributed by atoms with van der Waals surface area (Å²) in [4.78, 5) is 0. The van der Waals surface area contributed by atoms with Gasteiger partial charge >= 0.3 is 0 Å². The highest BCUT2D eigenvalue weighted by Gasteiger charge is 2.21. The van der Waals surface area contributed by atoms with Gasteiger partial charge < -0.3 is 10.3 Å². The molecule has 6 nitrogen and oxygen atoms in total. The topological polar surface area (TPSA) is 98.2 Å². The van der Waals surface area contributed by atoms with Crippen LogP contribution in [-0.2, 0) is 10.0 Å². The van der Waals surface area contributed by atoms with Crippen LogP contribution in [0.1, 0.15) is 42.8 Å². The number of rotatable bonds is 7. The van der Waals surface area contributed by atoms with Crippen LogP contribution < -0.4 is 10.5 Å². The minimum atomic E-state index is -3.29. The molecule has 1 heterocycles. The van der Waals surface area contributed by atoms with Crippen molar-refractivity contribution in [1.82, 2.24) is 9.88 Å². The summed E-state index contributed by atoms with van der Waals surface area (Å²) >= 11 is 0. The van der Waals surface area contributed by atoms with Crippen molar-refractivity contribution in [3.8, 4) is 0 Å². The van der Waals surface area contributed by atoms with Gasteiger partial charge in [-0.15, -0.1) is 0 Å². The number of aryl methyl sites for hydroxylation is 2. The zero-order chi connectivity index (χ0) is 13.8. The number of nitrogens with one attached hydrogen (secondary N) is 1. The Morgan fingerprint density at radius 1 is 1.39 bits per heavy atom. The highest BCUT2D eigenvalue weighted by Crippen LogP contribution is 2.21. The van der Waals surface area contributed by atoms with Gasteiger partial charge in [0.1, 0.15) is 5.76 Å². The summed E-state index contributed by atoms with van der Waals surface area (Å²) < 4.78 is 31.3. The molecule has 1 rings (SSSR count). The Balaban J connectivity index is 2.67. The van der Waals surface area contributed by atoms with Crippen molar-refractivity contribution >= 4 is 10.0 Å². The SMILES string of the molecule is Cc1noc(C)c1C(C)NS(=O)(=O)CCCCN. The predicted molar refractivity (Wildman–Crippen MR) is 69.6 cm³/mol.